The average molecular weight is 466 g/mol. The maximum absolute atomic E-state index is 10.1. The van der Waals surface area contributed by atoms with Crippen molar-refractivity contribution in [3.63, 3.8) is 0 Å². The Hall–Kier alpha value is -2.87. The van der Waals surface area contributed by atoms with Crippen LogP contribution in [0, 0.1) is 28.6 Å². The molecule has 0 amide bonds. The second kappa shape index (κ2) is 11.8. The van der Waals surface area contributed by atoms with E-state index in [9.17, 15) is 10.5 Å². The van der Waals surface area contributed by atoms with E-state index in [0.717, 1.165) is 40.6 Å². The van der Waals surface area contributed by atoms with Crippen molar-refractivity contribution in [2.45, 2.75) is 50.3 Å². The lowest BCUT2D eigenvalue weighted by molar-refractivity contribution is 0.110. The summed E-state index contributed by atoms with van der Waals surface area (Å²) in [5.74, 6) is 1.37. The second-order valence-electron chi connectivity index (χ2n) is 8.11. The number of nitriles is 2. The quantitative estimate of drug-likeness (QED) is 0.361. The van der Waals surface area contributed by atoms with Crippen LogP contribution in [0.4, 0.5) is 11.4 Å². The molecule has 1 aliphatic rings. The monoisotopic (exact) mass is 465 g/mol. The average Bonchev–Trinajstić information content (AvgIpc) is 2.81. The van der Waals surface area contributed by atoms with Gasteiger partial charge < -0.3 is 19.1 Å². The van der Waals surface area contributed by atoms with E-state index >= 15 is 0 Å². The van der Waals surface area contributed by atoms with Gasteiger partial charge in [-0.3, -0.25) is 0 Å². The predicted molar refractivity (Wildman–Crippen MR) is 131 cm³/mol. The summed E-state index contributed by atoms with van der Waals surface area (Å²) in [7, 11) is 0. The Morgan fingerprint density at radius 2 is 1.67 bits per heavy atom. The molecule has 0 bridgehead atoms. The largest absolute Gasteiger partial charge is 0.491 e. The van der Waals surface area contributed by atoms with Crippen molar-refractivity contribution in [1.82, 2.24) is 0 Å². The first kappa shape index (κ1) is 24.8. The van der Waals surface area contributed by atoms with Gasteiger partial charge in [0.1, 0.15) is 35.6 Å². The molecule has 33 heavy (non-hydrogen) atoms. The van der Waals surface area contributed by atoms with Gasteiger partial charge in [0, 0.05) is 18.0 Å². The van der Waals surface area contributed by atoms with Crippen LogP contribution in [0.2, 0.25) is 0 Å². The summed E-state index contributed by atoms with van der Waals surface area (Å²) < 4.78 is 17.8. The topological polar surface area (TPSA) is 78.5 Å². The molecule has 0 saturated heterocycles. The van der Waals surface area contributed by atoms with Gasteiger partial charge in [-0.1, -0.05) is 44.7 Å². The summed E-state index contributed by atoms with van der Waals surface area (Å²) in [6.45, 7) is 10.8. The van der Waals surface area contributed by atoms with Crippen molar-refractivity contribution in [2.75, 3.05) is 37.9 Å². The standard InChI is InChI=1S/C26H31N3O3S/c1-5-12-29-21-9-7-8-10-22(21)33-26-23(29)24(32-15-14-30-6-2)19(16-27)20(17-28)25(26)31-13-11-18(3)4/h7-10,18H,5-6,11-15H2,1-4H3. The van der Waals surface area contributed by atoms with Crippen LogP contribution in [-0.4, -0.2) is 33.0 Å². The minimum atomic E-state index is 0.216. The molecule has 7 heteroatoms. The van der Waals surface area contributed by atoms with Gasteiger partial charge in [0.25, 0.3) is 0 Å². The van der Waals surface area contributed by atoms with Crippen LogP contribution >= 0.6 is 11.8 Å². The lowest BCUT2D eigenvalue weighted by Crippen LogP contribution is -2.24. The van der Waals surface area contributed by atoms with Gasteiger partial charge in [0.05, 0.1) is 23.8 Å². The van der Waals surface area contributed by atoms with Gasteiger partial charge in [-0.25, -0.2) is 0 Å². The molecular formula is C26H31N3O3S. The molecule has 3 rings (SSSR count). The number of ether oxygens (including phenoxy) is 3. The Morgan fingerprint density at radius 3 is 2.33 bits per heavy atom. The first-order chi connectivity index (χ1) is 16.1. The molecule has 0 fully saturated rings. The highest BCUT2D eigenvalue weighted by atomic mass is 32.2. The number of hydrogen-bond donors (Lipinski definition) is 0. The summed E-state index contributed by atoms with van der Waals surface area (Å²) in [5.41, 5.74) is 2.31. The number of para-hydroxylation sites is 1. The number of anilines is 2. The first-order valence-electron chi connectivity index (χ1n) is 11.5. The van der Waals surface area contributed by atoms with Crippen LogP contribution in [0.3, 0.4) is 0 Å². The van der Waals surface area contributed by atoms with Gasteiger partial charge in [-0.05, 0) is 37.8 Å². The van der Waals surface area contributed by atoms with Crippen molar-refractivity contribution in [1.29, 1.82) is 10.5 Å². The molecule has 1 aliphatic heterocycles. The van der Waals surface area contributed by atoms with E-state index in [1.165, 1.54) is 0 Å². The number of hydrogen-bond acceptors (Lipinski definition) is 7. The van der Waals surface area contributed by atoms with Crippen LogP contribution in [0.25, 0.3) is 0 Å². The number of fused-ring (bicyclic) bond motifs is 2. The normalized spacial score (nSPS) is 12.0. The fraction of sp³-hybridized carbons (Fsp3) is 0.462. The Labute approximate surface area is 201 Å². The van der Waals surface area contributed by atoms with Gasteiger partial charge in [0.2, 0.25) is 0 Å². The van der Waals surface area contributed by atoms with Crippen LogP contribution in [-0.2, 0) is 4.74 Å². The maximum Gasteiger partial charge on any atom is 0.163 e. The van der Waals surface area contributed by atoms with Gasteiger partial charge >= 0.3 is 0 Å². The third-order valence-electron chi connectivity index (χ3n) is 5.27. The third-order valence-corrected chi connectivity index (χ3v) is 6.42. The van der Waals surface area contributed by atoms with Crippen molar-refractivity contribution in [3.8, 4) is 23.6 Å². The molecule has 0 radical (unpaired) electrons. The SMILES string of the molecule is CCCN1c2ccccc2Sc2c(OCCC(C)C)c(C#N)c(C#N)c(OCCOCC)c21. The highest BCUT2D eigenvalue weighted by molar-refractivity contribution is 7.99. The highest BCUT2D eigenvalue weighted by Crippen LogP contribution is 2.57. The zero-order valence-corrected chi connectivity index (χ0v) is 20.6. The number of rotatable bonds is 11. The van der Waals surface area contributed by atoms with Crippen molar-refractivity contribution >= 4 is 23.1 Å². The van der Waals surface area contributed by atoms with E-state index in [-0.39, 0.29) is 11.1 Å². The third kappa shape index (κ3) is 5.38. The molecule has 0 unspecified atom stereocenters. The van der Waals surface area contributed by atoms with Crippen molar-refractivity contribution < 1.29 is 14.2 Å². The molecule has 0 aliphatic carbocycles. The lowest BCUT2D eigenvalue weighted by Gasteiger charge is -2.35. The fourth-order valence-corrected chi connectivity index (χ4v) is 4.90. The molecule has 2 aromatic rings. The summed E-state index contributed by atoms with van der Waals surface area (Å²) in [4.78, 5) is 4.10. The van der Waals surface area contributed by atoms with Crippen LogP contribution < -0.4 is 14.4 Å². The molecule has 1 heterocycles. The van der Waals surface area contributed by atoms with Gasteiger partial charge in [0.15, 0.2) is 11.5 Å². The van der Waals surface area contributed by atoms with Gasteiger partial charge in [-0.15, -0.1) is 0 Å². The van der Waals surface area contributed by atoms with E-state index in [2.05, 4.69) is 49.9 Å². The van der Waals surface area contributed by atoms with Crippen molar-refractivity contribution in [3.05, 3.63) is 35.4 Å². The van der Waals surface area contributed by atoms with E-state index in [4.69, 9.17) is 14.2 Å². The summed E-state index contributed by atoms with van der Waals surface area (Å²) in [6, 6.07) is 12.6. The molecule has 0 atom stereocenters. The van der Waals surface area contributed by atoms with Gasteiger partial charge in [-0.2, -0.15) is 10.5 Å². The Kier molecular flexibility index (Phi) is 8.88. The lowest BCUT2D eigenvalue weighted by atomic mass is 10.0. The molecule has 2 aromatic carbocycles. The van der Waals surface area contributed by atoms with Crippen LogP contribution in [0.15, 0.2) is 34.1 Å². The summed E-state index contributed by atoms with van der Waals surface area (Å²) in [6.07, 6.45) is 1.76. The smallest absolute Gasteiger partial charge is 0.163 e. The Morgan fingerprint density at radius 1 is 0.970 bits per heavy atom. The highest BCUT2D eigenvalue weighted by Gasteiger charge is 2.34. The Balaban J connectivity index is 2.22. The van der Waals surface area contributed by atoms with Crippen LogP contribution in [0.5, 0.6) is 11.5 Å². The molecule has 0 spiro atoms. The van der Waals surface area contributed by atoms with E-state index in [0.29, 0.717) is 43.8 Å². The molecule has 0 N–H and O–H groups in total. The predicted octanol–water partition coefficient (Wildman–Crippen LogP) is 6.28. The van der Waals surface area contributed by atoms with E-state index in [1.807, 2.05) is 19.1 Å². The Bertz CT molecular complexity index is 1060. The van der Waals surface area contributed by atoms with Crippen molar-refractivity contribution in [2.24, 2.45) is 5.92 Å². The van der Waals surface area contributed by atoms with Crippen LogP contribution in [0.1, 0.15) is 51.7 Å². The molecule has 174 valence electrons. The zero-order valence-electron chi connectivity index (χ0n) is 19.8. The minimum Gasteiger partial charge on any atom is -0.491 e. The van der Waals surface area contributed by atoms with E-state index in [1.54, 1.807) is 11.8 Å². The fourth-order valence-electron chi connectivity index (χ4n) is 3.70. The van der Waals surface area contributed by atoms with E-state index < -0.39 is 0 Å². The minimum absolute atomic E-state index is 0.216. The maximum atomic E-state index is 10.1. The summed E-state index contributed by atoms with van der Waals surface area (Å²) >= 11 is 1.57. The number of benzene rings is 2. The summed E-state index contributed by atoms with van der Waals surface area (Å²) in [5, 5.41) is 20.1. The zero-order chi connectivity index (χ0) is 23.8. The molecular weight excluding hydrogens is 434 g/mol. The first-order valence-corrected chi connectivity index (χ1v) is 12.3. The number of nitrogens with zero attached hydrogens (tertiary/aromatic N) is 3. The molecule has 0 aromatic heterocycles. The molecule has 6 nitrogen and oxygen atoms in total. The molecule has 0 saturated carbocycles. The second-order valence-corrected chi connectivity index (χ2v) is 9.16.